The van der Waals surface area contributed by atoms with Crippen LogP contribution in [0.5, 0.6) is 0 Å². The SMILES string of the molecule is Cc1nn(C)c(C)c1CC(C)C(=O)N1CC(C(=O)O)CCC1C. The molecule has 1 aliphatic heterocycles. The average Bonchev–Trinajstić information content (AvgIpc) is 2.73. The van der Waals surface area contributed by atoms with Gasteiger partial charge in [-0.1, -0.05) is 6.92 Å². The van der Waals surface area contributed by atoms with Crippen LogP contribution < -0.4 is 0 Å². The van der Waals surface area contributed by atoms with Crippen LogP contribution in [0.15, 0.2) is 0 Å². The number of amides is 1. The van der Waals surface area contributed by atoms with Gasteiger partial charge >= 0.3 is 5.97 Å². The summed E-state index contributed by atoms with van der Waals surface area (Å²) in [5, 5.41) is 13.6. The fourth-order valence-corrected chi connectivity index (χ4v) is 3.41. The molecule has 1 aromatic rings. The number of carbonyl (C=O) groups excluding carboxylic acids is 1. The summed E-state index contributed by atoms with van der Waals surface area (Å²) in [5.74, 6) is -1.37. The number of rotatable bonds is 4. The minimum atomic E-state index is -0.804. The highest BCUT2D eigenvalue weighted by molar-refractivity contribution is 5.80. The van der Waals surface area contributed by atoms with Gasteiger partial charge in [-0.2, -0.15) is 5.10 Å². The molecule has 0 saturated carbocycles. The zero-order valence-corrected chi connectivity index (χ0v) is 14.7. The molecule has 128 valence electrons. The summed E-state index contributed by atoms with van der Waals surface area (Å²) >= 11 is 0. The molecule has 0 aromatic carbocycles. The van der Waals surface area contributed by atoms with E-state index in [0.717, 1.165) is 23.4 Å². The number of hydrogen-bond donors (Lipinski definition) is 1. The van der Waals surface area contributed by atoms with Crippen molar-refractivity contribution in [3.8, 4) is 0 Å². The van der Waals surface area contributed by atoms with Gasteiger partial charge in [0.2, 0.25) is 5.91 Å². The highest BCUT2D eigenvalue weighted by atomic mass is 16.4. The maximum absolute atomic E-state index is 12.8. The fourth-order valence-electron chi connectivity index (χ4n) is 3.41. The average molecular weight is 321 g/mol. The first-order chi connectivity index (χ1) is 10.7. The van der Waals surface area contributed by atoms with Crippen LogP contribution >= 0.6 is 0 Å². The van der Waals surface area contributed by atoms with Crippen LogP contribution in [-0.4, -0.2) is 44.3 Å². The lowest BCUT2D eigenvalue weighted by Gasteiger charge is -2.38. The molecule has 0 bridgehead atoms. The quantitative estimate of drug-likeness (QED) is 0.919. The molecule has 1 N–H and O–H groups in total. The third-order valence-corrected chi connectivity index (χ3v) is 5.11. The van der Waals surface area contributed by atoms with Gasteiger partial charge in [0.05, 0.1) is 11.6 Å². The van der Waals surface area contributed by atoms with Crippen molar-refractivity contribution < 1.29 is 14.7 Å². The molecule has 2 heterocycles. The van der Waals surface area contributed by atoms with Crippen LogP contribution in [0.1, 0.15) is 43.6 Å². The molecule has 0 radical (unpaired) electrons. The first-order valence-corrected chi connectivity index (χ1v) is 8.24. The second-order valence-electron chi connectivity index (χ2n) is 6.83. The summed E-state index contributed by atoms with van der Waals surface area (Å²) in [6.45, 7) is 8.22. The molecule has 6 heteroatoms. The Morgan fingerprint density at radius 1 is 1.35 bits per heavy atom. The third kappa shape index (κ3) is 3.57. The summed E-state index contributed by atoms with van der Waals surface area (Å²) in [7, 11) is 1.91. The molecule has 23 heavy (non-hydrogen) atoms. The predicted octanol–water partition coefficient (Wildman–Crippen LogP) is 1.93. The van der Waals surface area contributed by atoms with Gasteiger partial charge in [-0.25, -0.2) is 0 Å². The molecular formula is C17H27N3O3. The standard InChI is InChI=1S/C17H27N3O3/c1-10(8-15-12(3)18-19(5)13(15)4)16(21)20-9-14(17(22)23)7-6-11(20)2/h10-11,14H,6-9H2,1-5H3,(H,22,23). The first-order valence-electron chi connectivity index (χ1n) is 8.24. The number of carbonyl (C=O) groups is 2. The lowest BCUT2D eigenvalue weighted by Crippen LogP contribution is -2.49. The Morgan fingerprint density at radius 2 is 2.00 bits per heavy atom. The molecule has 6 nitrogen and oxygen atoms in total. The van der Waals surface area contributed by atoms with Gasteiger partial charge in [-0.3, -0.25) is 14.3 Å². The highest BCUT2D eigenvalue weighted by Crippen LogP contribution is 2.25. The minimum Gasteiger partial charge on any atom is -0.481 e. The maximum Gasteiger partial charge on any atom is 0.308 e. The number of likely N-dealkylation sites (tertiary alicyclic amines) is 1. The number of carboxylic acid groups (broad SMARTS) is 1. The van der Waals surface area contributed by atoms with E-state index in [2.05, 4.69) is 5.10 Å². The zero-order valence-electron chi connectivity index (χ0n) is 14.7. The first kappa shape index (κ1) is 17.5. The smallest absolute Gasteiger partial charge is 0.308 e. The van der Waals surface area contributed by atoms with E-state index in [0.29, 0.717) is 19.4 Å². The van der Waals surface area contributed by atoms with Gasteiger partial charge in [0, 0.05) is 31.2 Å². The molecule has 0 spiro atoms. The largest absolute Gasteiger partial charge is 0.481 e. The molecule has 1 amide bonds. The zero-order chi connectivity index (χ0) is 17.3. The topological polar surface area (TPSA) is 75.4 Å². The predicted molar refractivity (Wildman–Crippen MR) is 87.1 cm³/mol. The normalized spacial score (nSPS) is 22.9. The Labute approximate surface area is 137 Å². The Kier molecular flexibility index (Phi) is 5.12. The molecule has 0 aliphatic carbocycles. The Morgan fingerprint density at radius 3 is 2.52 bits per heavy atom. The van der Waals surface area contributed by atoms with Gasteiger partial charge in [-0.15, -0.1) is 0 Å². The Hall–Kier alpha value is -1.85. The lowest BCUT2D eigenvalue weighted by atomic mass is 9.91. The molecule has 1 fully saturated rings. The summed E-state index contributed by atoms with van der Waals surface area (Å²) in [5.41, 5.74) is 3.16. The monoisotopic (exact) mass is 321 g/mol. The lowest BCUT2D eigenvalue weighted by molar-refractivity contribution is -0.148. The van der Waals surface area contributed by atoms with Gasteiger partial charge in [0.1, 0.15) is 0 Å². The minimum absolute atomic E-state index is 0.0473. The van der Waals surface area contributed by atoms with Crippen LogP contribution in [0.4, 0.5) is 0 Å². The van der Waals surface area contributed by atoms with Crippen LogP contribution in [-0.2, 0) is 23.1 Å². The summed E-state index contributed by atoms with van der Waals surface area (Å²) < 4.78 is 1.84. The van der Waals surface area contributed by atoms with E-state index >= 15 is 0 Å². The number of aliphatic carboxylic acids is 1. The summed E-state index contributed by atoms with van der Waals surface area (Å²) in [6.07, 6.45) is 2.04. The molecule has 1 saturated heterocycles. The summed E-state index contributed by atoms with van der Waals surface area (Å²) in [4.78, 5) is 25.8. The van der Waals surface area contributed by atoms with Crippen molar-refractivity contribution in [2.75, 3.05) is 6.54 Å². The molecule has 1 aliphatic rings. The van der Waals surface area contributed by atoms with Crippen LogP contribution in [0.2, 0.25) is 0 Å². The van der Waals surface area contributed by atoms with Crippen molar-refractivity contribution in [2.24, 2.45) is 18.9 Å². The van der Waals surface area contributed by atoms with E-state index in [-0.39, 0.29) is 17.9 Å². The van der Waals surface area contributed by atoms with E-state index in [4.69, 9.17) is 0 Å². The molecule has 2 rings (SSSR count). The van der Waals surface area contributed by atoms with Gasteiger partial charge in [-0.05, 0) is 45.6 Å². The van der Waals surface area contributed by atoms with Crippen molar-refractivity contribution in [2.45, 2.75) is 53.0 Å². The van der Waals surface area contributed by atoms with Gasteiger partial charge < -0.3 is 10.0 Å². The third-order valence-electron chi connectivity index (χ3n) is 5.11. The van der Waals surface area contributed by atoms with E-state index < -0.39 is 11.9 Å². The number of aromatic nitrogens is 2. The Balaban J connectivity index is 2.10. The van der Waals surface area contributed by atoms with Crippen LogP contribution in [0.3, 0.4) is 0 Å². The molecular weight excluding hydrogens is 294 g/mol. The number of carboxylic acids is 1. The van der Waals surface area contributed by atoms with Crippen molar-refractivity contribution >= 4 is 11.9 Å². The van der Waals surface area contributed by atoms with Crippen molar-refractivity contribution in [1.82, 2.24) is 14.7 Å². The number of aryl methyl sites for hydroxylation is 2. The second-order valence-corrected chi connectivity index (χ2v) is 6.83. The van der Waals surface area contributed by atoms with Gasteiger partial charge in [0.25, 0.3) is 0 Å². The number of piperidine rings is 1. The molecule has 1 aromatic heterocycles. The van der Waals surface area contributed by atoms with Crippen molar-refractivity contribution in [3.05, 3.63) is 17.0 Å². The maximum atomic E-state index is 12.8. The van der Waals surface area contributed by atoms with Crippen LogP contribution in [0, 0.1) is 25.7 Å². The van der Waals surface area contributed by atoms with E-state index in [9.17, 15) is 14.7 Å². The molecule has 3 unspecified atom stereocenters. The fraction of sp³-hybridized carbons (Fsp3) is 0.706. The van der Waals surface area contributed by atoms with Gasteiger partial charge in [0.15, 0.2) is 0 Å². The second kappa shape index (κ2) is 6.72. The van der Waals surface area contributed by atoms with E-state index in [1.165, 1.54) is 0 Å². The van der Waals surface area contributed by atoms with E-state index in [1.54, 1.807) is 4.90 Å². The summed E-state index contributed by atoms with van der Waals surface area (Å²) in [6, 6.07) is 0.108. The number of nitrogens with zero attached hydrogens (tertiary/aromatic N) is 3. The Bertz CT molecular complexity index is 608. The van der Waals surface area contributed by atoms with E-state index in [1.807, 2.05) is 39.4 Å². The van der Waals surface area contributed by atoms with Crippen LogP contribution in [0.25, 0.3) is 0 Å². The number of hydrogen-bond acceptors (Lipinski definition) is 3. The van der Waals surface area contributed by atoms with Crippen molar-refractivity contribution in [1.29, 1.82) is 0 Å². The highest BCUT2D eigenvalue weighted by Gasteiger charge is 2.34. The molecule has 3 atom stereocenters. The van der Waals surface area contributed by atoms with Crippen molar-refractivity contribution in [3.63, 3.8) is 0 Å².